The van der Waals surface area contributed by atoms with Gasteiger partial charge in [-0.1, -0.05) is 29.8 Å². The lowest BCUT2D eigenvalue weighted by atomic mass is 10.2. The lowest BCUT2D eigenvalue weighted by Crippen LogP contribution is -2.34. The van der Waals surface area contributed by atoms with Crippen molar-refractivity contribution in [2.24, 2.45) is 5.10 Å². The van der Waals surface area contributed by atoms with Crippen LogP contribution in [0.15, 0.2) is 70.2 Å². The van der Waals surface area contributed by atoms with Crippen LogP contribution in [-0.2, 0) is 25.7 Å². The van der Waals surface area contributed by atoms with Crippen molar-refractivity contribution < 1.29 is 28.0 Å². The molecule has 10 nitrogen and oxygen atoms in total. The van der Waals surface area contributed by atoms with Crippen LogP contribution in [0.1, 0.15) is 17.1 Å². The molecule has 0 bridgehead atoms. The highest BCUT2D eigenvalue weighted by atomic mass is 19.1. The number of furan rings is 1. The van der Waals surface area contributed by atoms with Gasteiger partial charge >= 0.3 is 23.6 Å². The molecule has 4 amide bonds. The van der Waals surface area contributed by atoms with Crippen molar-refractivity contribution in [3.05, 3.63) is 83.6 Å². The summed E-state index contributed by atoms with van der Waals surface area (Å²) < 4.78 is 18.9. The third-order valence-electron chi connectivity index (χ3n) is 4.31. The summed E-state index contributed by atoms with van der Waals surface area (Å²) in [5, 5.41) is 10.6. The van der Waals surface area contributed by atoms with E-state index in [0.29, 0.717) is 11.4 Å². The molecule has 0 aliphatic rings. The van der Waals surface area contributed by atoms with E-state index in [1.807, 2.05) is 12.3 Å². The molecule has 3 rings (SSSR count). The van der Waals surface area contributed by atoms with Crippen molar-refractivity contribution in [1.82, 2.24) is 10.7 Å². The maximum Gasteiger partial charge on any atom is 0.329 e. The zero-order valence-corrected chi connectivity index (χ0v) is 17.9. The van der Waals surface area contributed by atoms with E-state index in [2.05, 4.69) is 21.1 Å². The number of hydrogen-bond acceptors (Lipinski definition) is 6. The number of nitrogens with zero attached hydrogens (tertiary/aromatic N) is 1. The molecule has 0 spiro atoms. The van der Waals surface area contributed by atoms with Gasteiger partial charge in [-0.25, -0.2) is 9.82 Å². The first-order chi connectivity index (χ1) is 16.3. The van der Waals surface area contributed by atoms with E-state index in [0.717, 1.165) is 17.8 Å². The number of rotatable bonds is 6. The molecule has 11 heteroatoms. The van der Waals surface area contributed by atoms with E-state index in [4.69, 9.17) is 4.42 Å². The van der Waals surface area contributed by atoms with Crippen molar-refractivity contribution in [3.63, 3.8) is 0 Å². The van der Waals surface area contributed by atoms with Crippen LogP contribution in [0.3, 0.4) is 0 Å². The SMILES string of the molecule is Cc1ccc(NC(=O)C(=O)NCc2ccc(/C=N/NC(=O)C(=O)Nc3ccccc3F)o2)cc1. The summed E-state index contributed by atoms with van der Waals surface area (Å²) in [5.74, 6) is -4.04. The Kier molecular flexibility index (Phi) is 7.84. The number of benzene rings is 2. The second-order valence-electron chi connectivity index (χ2n) is 6.94. The Hall–Kier alpha value is -4.80. The maximum absolute atomic E-state index is 13.5. The van der Waals surface area contributed by atoms with Gasteiger partial charge in [0.15, 0.2) is 0 Å². The molecular formula is C23H20FN5O5. The van der Waals surface area contributed by atoms with Crippen LogP contribution in [0.4, 0.5) is 15.8 Å². The molecule has 0 aliphatic heterocycles. The number of hydrazone groups is 1. The number of aryl methyl sites for hydroxylation is 1. The fourth-order valence-electron chi connectivity index (χ4n) is 2.58. The fraction of sp³-hybridized carbons (Fsp3) is 0.0870. The van der Waals surface area contributed by atoms with E-state index >= 15 is 0 Å². The summed E-state index contributed by atoms with van der Waals surface area (Å²) in [6, 6.07) is 15.4. The lowest BCUT2D eigenvalue weighted by Gasteiger charge is -2.05. The van der Waals surface area contributed by atoms with Crippen LogP contribution in [0.25, 0.3) is 0 Å². The minimum Gasteiger partial charge on any atom is -0.458 e. The average Bonchev–Trinajstić information content (AvgIpc) is 3.28. The fourth-order valence-corrected chi connectivity index (χ4v) is 2.58. The first kappa shape index (κ1) is 23.9. The van der Waals surface area contributed by atoms with Crippen LogP contribution < -0.4 is 21.4 Å². The Morgan fingerprint density at radius 2 is 1.59 bits per heavy atom. The topological polar surface area (TPSA) is 142 Å². The van der Waals surface area contributed by atoms with Crippen molar-refractivity contribution in [2.75, 3.05) is 10.6 Å². The van der Waals surface area contributed by atoms with Gasteiger partial charge in [-0.15, -0.1) is 0 Å². The summed E-state index contributed by atoms with van der Waals surface area (Å²) in [6.07, 6.45) is 1.13. The molecule has 0 atom stereocenters. The Bertz CT molecular complexity index is 1240. The molecule has 4 N–H and O–H groups in total. The highest BCUT2D eigenvalue weighted by molar-refractivity contribution is 6.40. The van der Waals surface area contributed by atoms with Crippen LogP contribution in [0.2, 0.25) is 0 Å². The third kappa shape index (κ3) is 6.85. The zero-order chi connectivity index (χ0) is 24.5. The van der Waals surface area contributed by atoms with Crippen LogP contribution in [0, 0.1) is 12.7 Å². The second kappa shape index (κ2) is 11.2. The molecule has 1 heterocycles. The molecule has 34 heavy (non-hydrogen) atoms. The van der Waals surface area contributed by atoms with Crippen molar-refractivity contribution in [2.45, 2.75) is 13.5 Å². The van der Waals surface area contributed by atoms with Gasteiger partial charge < -0.3 is 20.4 Å². The summed E-state index contributed by atoms with van der Waals surface area (Å²) >= 11 is 0. The van der Waals surface area contributed by atoms with Crippen LogP contribution >= 0.6 is 0 Å². The number of hydrogen-bond donors (Lipinski definition) is 4. The molecule has 174 valence electrons. The molecule has 0 fully saturated rings. The van der Waals surface area contributed by atoms with Gasteiger partial charge in [-0.05, 0) is 43.3 Å². The predicted octanol–water partition coefficient (Wildman–Crippen LogP) is 2.07. The van der Waals surface area contributed by atoms with Crippen LogP contribution in [0.5, 0.6) is 0 Å². The van der Waals surface area contributed by atoms with E-state index in [-0.39, 0.29) is 18.0 Å². The van der Waals surface area contributed by atoms with Gasteiger partial charge in [-0.2, -0.15) is 5.10 Å². The smallest absolute Gasteiger partial charge is 0.329 e. The number of carbonyl (C=O) groups is 4. The number of para-hydroxylation sites is 1. The monoisotopic (exact) mass is 465 g/mol. The van der Waals surface area contributed by atoms with Gasteiger partial charge in [0.2, 0.25) is 0 Å². The minimum absolute atomic E-state index is 0.0641. The standard InChI is InChI=1S/C23H20FN5O5/c1-14-6-8-15(9-7-14)27-21(31)20(30)25-12-16-10-11-17(34-16)13-26-29-23(33)22(32)28-19-5-3-2-4-18(19)24/h2-11,13H,12H2,1H3,(H,25,30)(H,27,31)(H,28,32)(H,29,33)/b26-13+. The highest BCUT2D eigenvalue weighted by Crippen LogP contribution is 2.12. The molecule has 3 aromatic rings. The number of carbonyl (C=O) groups excluding carboxylic acids is 4. The number of amides is 4. The van der Waals surface area contributed by atoms with E-state index in [1.54, 1.807) is 24.3 Å². The number of halogens is 1. The van der Waals surface area contributed by atoms with E-state index in [1.165, 1.54) is 30.3 Å². The van der Waals surface area contributed by atoms with Crippen LogP contribution in [-0.4, -0.2) is 29.8 Å². The second-order valence-corrected chi connectivity index (χ2v) is 6.94. The molecule has 0 saturated carbocycles. The molecule has 0 radical (unpaired) electrons. The summed E-state index contributed by atoms with van der Waals surface area (Å²) in [4.78, 5) is 47.5. The number of anilines is 2. The van der Waals surface area contributed by atoms with Gasteiger partial charge in [-0.3, -0.25) is 19.2 Å². The predicted molar refractivity (Wildman–Crippen MR) is 121 cm³/mol. The third-order valence-corrected chi connectivity index (χ3v) is 4.31. The van der Waals surface area contributed by atoms with E-state index in [9.17, 15) is 23.6 Å². The Morgan fingerprint density at radius 3 is 2.32 bits per heavy atom. The lowest BCUT2D eigenvalue weighted by molar-refractivity contribution is -0.136. The van der Waals surface area contributed by atoms with Crippen molar-refractivity contribution in [3.8, 4) is 0 Å². The average molecular weight is 465 g/mol. The Labute approximate surface area is 193 Å². The first-order valence-electron chi connectivity index (χ1n) is 9.95. The Balaban J connectivity index is 1.43. The van der Waals surface area contributed by atoms with Gasteiger partial charge in [0.05, 0.1) is 18.4 Å². The van der Waals surface area contributed by atoms with Gasteiger partial charge in [0, 0.05) is 5.69 Å². The molecular weight excluding hydrogens is 445 g/mol. The minimum atomic E-state index is -1.11. The van der Waals surface area contributed by atoms with Gasteiger partial charge in [0.1, 0.15) is 17.3 Å². The normalized spacial score (nSPS) is 10.5. The molecule has 0 aliphatic carbocycles. The largest absolute Gasteiger partial charge is 0.458 e. The van der Waals surface area contributed by atoms with Gasteiger partial charge in [0.25, 0.3) is 0 Å². The first-order valence-corrected chi connectivity index (χ1v) is 9.95. The number of nitrogens with one attached hydrogen (secondary N) is 4. The van der Waals surface area contributed by atoms with Crippen molar-refractivity contribution >= 4 is 41.2 Å². The maximum atomic E-state index is 13.5. The molecule has 2 aromatic carbocycles. The Morgan fingerprint density at radius 1 is 0.882 bits per heavy atom. The summed E-state index contributed by atoms with van der Waals surface area (Å²) in [5.41, 5.74) is 3.35. The van der Waals surface area contributed by atoms with E-state index < -0.39 is 29.4 Å². The molecule has 0 saturated heterocycles. The zero-order valence-electron chi connectivity index (χ0n) is 17.9. The summed E-state index contributed by atoms with van der Waals surface area (Å²) in [7, 11) is 0. The summed E-state index contributed by atoms with van der Waals surface area (Å²) in [6.45, 7) is 1.84. The molecule has 1 aromatic heterocycles. The van der Waals surface area contributed by atoms with Crippen molar-refractivity contribution in [1.29, 1.82) is 0 Å². The molecule has 0 unspecified atom stereocenters. The quantitative estimate of drug-likeness (QED) is 0.251. The highest BCUT2D eigenvalue weighted by Gasteiger charge is 2.15.